The summed E-state index contributed by atoms with van der Waals surface area (Å²) in [5.41, 5.74) is 0. The van der Waals surface area contributed by atoms with E-state index in [1.165, 1.54) is 4.68 Å². The number of aromatic nitrogens is 4. The topological polar surface area (TPSA) is 99.4 Å². The summed E-state index contributed by atoms with van der Waals surface area (Å²) in [5, 5.41) is 20.5. The molecule has 0 spiro atoms. The van der Waals surface area contributed by atoms with E-state index in [2.05, 4.69) is 15.5 Å². The molecule has 118 valence electrons. The van der Waals surface area contributed by atoms with Crippen molar-refractivity contribution in [2.45, 2.75) is 26.5 Å². The number of benzene rings is 1. The van der Waals surface area contributed by atoms with Crippen molar-refractivity contribution in [3.63, 3.8) is 0 Å². The van der Waals surface area contributed by atoms with E-state index in [0.29, 0.717) is 17.3 Å². The first-order valence-electron chi connectivity index (χ1n) is 6.79. The van der Waals surface area contributed by atoms with Gasteiger partial charge in [-0.2, -0.15) is 0 Å². The summed E-state index contributed by atoms with van der Waals surface area (Å²) in [7, 11) is 1.57. The molecule has 1 N–H and O–H groups in total. The standard InChI is InChI=1S/C14H18N4O4/c1-9(2)13(14(19)20)18-12(15-16-17-18)8-22-11-6-4-5-10(7-11)21-3/h4-7,9,13H,8H2,1-3H3,(H,19,20). The molecule has 1 heterocycles. The van der Waals surface area contributed by atoms with Crippen LogP contribution in [0.5, 0.6) is 11.5 Å². The first kappa shape index (κ1) is 15.7. The number of hydrogen-bond acceptors (Lipinski definition) is 6. The van der Waals surface area contributed by atoms with Crippen LogP contribution in [0.25, 0.3) is 0 Å². The van der Waals surface area contributed by atoms with Gasteiger partial charge < -0.3 is 14.6 Å². The van der Waals surface area contributed by atoms with E-state index in [1.807, 2.05) is 0 Å². The number of carboxylic acid groups (broad SMARTS) is 1. The average Bonchev–Trinajstić information content (AvgIpc) is 2.92. The smallest absolute Gasteiger partial charge is 0.328 e. The number of hydrogen-bond donors (Lipinski definition) is 1. The molecule has 2 rings (SSSR count). The number of tetrazole rings is 1. The van der Waals surface area contributed by atoms with Gasteiger partial charge in [0.1, 0.15) is 18.1 Å². The van der Waals surface area contributed by atoms with Crippen molar-refractivity contribution in [3.8, 4) is 11.5 Å². The van der Waals surface area contributed by atoms with Crippen molar-refractivity contribution >= 4 is 5.97 Å². The van der Waals surface area contributed by atoms with Crippen molar-refractivity contribution in [1.29, 1.82) is 0 Å². The maximum Gasteiger partial charge on any atom is 0.328 e. The number of carbonyl (C=O) groups is 1. The Kier molecular flexibility index (Phi) is 4.92. The summed E-state index contributed by atoms with van der Waals surface area (Å²) in [5.74, 6) is 0.471. The van der Waals surface area contributed by atoms with Crippen molar-refractivity contribution < 1.29 is 19.4 Å². The summed E-state index contributed by atoms with van der Waals surface area (Å²) >= 11 is 0. The highest BCUT2D eigenvalue weighted by Gasteiger charge is 2.27. The second kappa shape index (κ2) is 6.88. The molecular formula is C14H18N4O4. The number of nitrogens with zero attached hydrogens (tertiary/aromatic N) is 4. The van der Waals surface area contributed by atoms with Crippen LogP contribution >= 0.6 is 0 Å². The molecule has 0 aliphatic rings. The minimum absolute atomic E-state index is 0.0661. The number of ether oxygens (including phenoxy) is 2. The number of aliphatic carboxylic acids is 1. The van der Waals surface area contributed by atoms with E-state index in [-0.39, 0.29) is 12.5 Å². The summed E-state index contributed by atoms with van der Waals surface area (Å²) in [6.45, 7) is 3.66. The molecule has 0 aliphatic heterocycles. The van der Waals surface area contributed by atoms with Crippen molar-refractivity contribution in [2.75, 3.05) is 7.11 Å². The quantitative estimate of drug-likeness (QED) is 0.828. The van der Waals surface area contributed by atoms with Gasteiger partial charge in [0.2, 0.25) is 0 Å². The van der Waals surface area contributed by atoms with E-state index < -0.39 is 12.0 Å². The fourth-order valence-electron chi connectivity index (χ4n) is 2.03. The van der Waals surface area contributed by atoms with Crippen LogP contribution < -0.4 is 9.47 Å². The van der Waals surface area contributed by atoms with Gasteiger partial charge in [-0.3, -0.25) is 0 Å². The van der Waals surface area contributed by atoms with Crippen molar-refractivity contribution in [1.82, 2.24) is 20.2 Å². The molecule has 22 heavy (non-hydrogen) atoms. The van der Waals surface area contributed by atoms with Crippen LogP contribution in [0.2, 0.25) is 0 Å². The van der Waals surface area contributed by atoms with E-state index >= 15 is 0 Å². The molecule has 0 amide bonds. The Balaban J connectivity index is 2.14. The Morgan fingerprint density at radius 1 is 1.36 bits per heavy atom. The Bertz CT molecular complexity index is 641. The Labute approximate surface area is 127 Å². The maximum atomic E-state index is 11.4. The minimum atomic E-state index is -0.982. The summed E-state index contributed by atoms with van der Waals surface area (Å²) in [6, 6.07) is 6.26. The lowest BCUT2D eigenvalue weighted by Crippen LogP contribution is -2.27. The monoisotopic (exact) mass is 306 g/mol. The van der Waals surface area contributed by atoms with Gasteiger partial charge in [-0.1, -0.05) is 19.9 Å². The molecule has 1 atom stereocenters. The van der Waals surface area contributed by atoms with Crippen LogP contribution in [0.15, 0.2) is 24.3 Å². The molecule has 1 unspecified atom stereocenters. The number of rotatable bonds is 7. The Morgan fingerprint density at radius 2 is 2.09 bits per heavy atom. The summed E-state index contributed by atoms with van der Waals surface area (Å²) < 4.78 is 12.0. The molecule has 1 aromatic heterocycles. The molecule has 0 saturated carbocycles. The fraction of sp³-hybridized carbons (Fsp3) is 0.429. The first-order chi connectivity index (χ1) is 10.5. The Morgan fingerprint density at radius 3 is 2.73 bits per heavy atom. The minimum Gasteiger partial charge on any atom is -0.497 e. The zero-order valence-electron chi connectivity index (χ0n) is 12.6. The van der Waals surface area contributed by atoms with Crippen molar-refractivity contribution in [3.05, 3.63) is 30.1 Å². The van der Waals surface area contributed by atoms with Crippen LogP contribution in [0, 0.1) is 5.92 Å². The van der Waals surface area contributed by atoms with Gasteiger partial charge in [-0.05, 0) is 28.5 Å². The third-order valence-electron chi connectivity index (χ3n) is 3.12. The van der Waals surface area contributed by atoms with Crippen LogP contribution in [-0.2, 0) is 11.4 Å². The highest BCUT2D eigenvalue weighted by molar-refractivity contribution is 5.72. The van der Waals surface area contributed by atoms with Gasteiger partial charge in [0.05, 0.1) is 7.11 Å². The van der Waals surface area contributed by atoms with E-state index in [1.54, 1.807) is 45.2 Å². The molecule has 0 aliphatic carbocycles. The largest absolute Gasteiger partial charge is 0.497 e. The lowest BCUT2D eigenvalue weighted by molar-refractivity contribution is -0.142. The predicted molar refractivity (Wildman–Crippen MR) is 76.7 cm³/mol. The maximum absolute atomic E-state index is 11.4. The number of carboxylic acids is 1. The molecule has 1 aromatic carbocycles. The van der Waals surface area contributed by atoms with E-state index in [0.717, 1.165) is 0 Å². The van der Waals surface area contributed by atoms with Gasteiger partial charge in [0.25, 0.3) is 0 Å². The lowest BCUT2D eigenvalue weighted by Gasteiger charge is -2.17. The first-order valence-corrected chi connectivity index (χ1v) is 6.79. The average molecular weight is 306 g/mol. The zero-order chi connectivity index (χ0) is 16.1. The van der Waals surface area contributed by atoms with Gasteiger partial charge >= 0.3 is 5.97 Å². The zero-order valence-corrected chi connectivity index (χ0v) is 12.6. The molecule has 0 bridgehead atoms. The molecule has 0 radical (unpaired) electrons. The fourth-order valence-corrected chi connectivity index (χ4v) is 2.03. The molecule has 2 aromatic rings. The second-order valence-electron chi connectivity index (χ2n) is 5.03. The van der Waals surface area contributed by atoms with Crippen LogP contribution in [0.3, 0.4) is 0 Å². The molecule has 0 fully saturated rings. The normalized spacial score (nSPS) is 12.2. The van der Waals surface area contributed by atoms with Gasteiger partial charge in [-0.25, -0.2) is 9.48 Å². The van der Waals surface area contributed by atoms with E-state index in [4.69, 9.17) is 9.47 Å². The lowest BCUT2D eigenvalue weighted by atomic mass is 10.1. The van der Waals surface area contributed by atoms with Gasteiger partial charge in [0, 0.05) is 6.07 Å². The summed E-state index contributed by atoms with van der Waals surface area (Å²) in [6.07, 6.45) is 0. The third kappa shape index (κ3) is 3.51. The highest BCUT2D eigenvalue weighted by Crippen LogP contribution is 2.21. The molecular weight excluding hydrogens is 288 g/mol. The molecule has 8 heteroatoms. The van der Waals surface area contributed by atoms with Crippen LogP contribution in [-0.4, -0.2) is 38.4 Å². The van der Waals surface area contributed by atoms with Crippen LogP contribution in [0.1, 0.15) is 25.7 Å². The second-order valence-corrected chi connectivity index (χ2v) is 5.03. The number of methoxy groups -OCH3 is 1. The van der Waals surface area contributed by atoms with E-state index in [9.17, 15) is 9.90 Å². The SMILES string of the molecule is COc1cccc(OCc2nnnn2C(C(=O)O)C(C)C)c1. The third-order valence-corrected chi connectivity index (χ3v) is 3.12. The molecule has 0 saturated heterocycles. The highest BCUT2D eigenvalue weighted by atomic mass is 16.5. The van der Waals surface area contributed by atoms with Crippen LogP contribution in [0.4, 0.5) is 0 Å². The predicted octanol–water partition coefficient (Wildman–Crippen LogP) is 1.54. The van der Waals surface area contributed by atoms with Gasteiger partial charge in [-0.15, -0.1) is 5.10 Å². The molecule has 8 nitrogen and oxygen atoms in total. The van der Waals surface area contributed by atoms with Gasteiger partial charge in [0.15, 0.2) is 11.9 Å². The Hall–Kier alpha value is -2.64. The summed E-state index contributed by atoms with van der Waals surface area (Å²) in [4.78, 5) is 11.4. The van der Waals surface area contributed by atoms with Crippen molar-refractivity contribution in [2.24, 2.45) is 5.92 Å².